The Kier molecular flexibility index (Phi) is 3.31. The molecular weight excluding hydrogens is 220 g/mol. The number of rotatable bonds is 2. The third-order valence-electron chi connectivity index (χ3n) is 2.17. The van der Waals surface area contributed by atoms with Crippen LogP contribution in [0.4, 0.5) is 5.82 Å². The van der Waals surface area contributed by atoms with Crippen molar-refractivity contribution in [2.45, 2.75) is 6.92 Å². The Bertz CT molecular complexity index is 508. The highest BCUT2D eigenvalue weighted by atomic mass is 32.1. The summed E-state index contributed by atoms with van der Waals surface area (Å²) in [6.45, 7) is 2.45. The van der Waals surface area contributed by atoms with E-state index in [2.05, 4.69) is 10.3 Å². The van der Waals surface area contributed by atoms with Crippen molar-refractivity contribution >= 4 is 34.0 Å². The fraction of sp³-hybridized carbons (Fsp3) is 0.167. The zero-order chi connectivity index (χ0) is 11.4. The molecule has 0 aliphatic heterocycles. The number of thiocarbonyl (C=S) groups is 1. The molecule has 3 nitrogen and oxygen atoms in total. The van der Waals surface area contributed by atoms with E-state index in [9.17, 15) is 0 Å². The summed E-state index contributed by atoms with van der Waals surface area (Å²) in [5.41, 5.74) is 0. The number of pyridine rings is 1. The van der Waals surface area contributed by atoms with Crippen molar-refractivity contribution in [1.29, 1.82) is 0 Å². The van der Waals surface area contributed by atoms with E-state index in [4.69, 9.17) is 17.0 Å². The predicted octanol–water partition coefficient (Wildman–Crippen LogP) is 2.97. The SMILES string of the molecule is CCOC(=S)Nc1nccc2ccccc12. The summed E-state index contributed by atoms with van der Waals surface area (Å²) in [6.07, 6.45) is 1.75. The molecule has 1 aromatic heterocycles. The zero-order valence-corrected chi connectivity index (χ0v) is 9.75. The zero-order valence-electron chi connectivity index (χ0n) is 8.93. The van der Waals surface area contributed by atoms with Crippen molar-refractivity contribution in [2.24, 2.45) is 0 Å². The minimum atomic E-state index is 0.353. The Morgan fingerprint density at radius 3 is 3.00 bits per heavy atom. The summed E-state index contributed by atoms with van der Waals surface area (Å²) in [4.78, 5) is 4.25. The van der Waals surface area contributed by atoms with E-state index < -0.39 is 0 Å². The average Bonchev–Trinajstić information content (AvgIpc) is 2.30. The second-order valence-electron chi connectivity index (χ2n) is 3.23. The second kappa shape index (κ2) is 4.90. The summed E-state index contributed by atoms with van der Waals surface area (Å²) in [5.74, 6) is 0.733. The maximum Gasteiger partial charge on any atom is 0.262 e. The van der Waals surface area contributed by atoms with Gasteiger partial charge < -0.3 is 10.1 Å². The summed E-state index contributed by atoms with van der Waals surface area (Å²) in [7, 11) is 0. The molecule has 0 aliphatic carbocycles. The molecule has 82 valence electrons. The summed E-state index contributed by atoms with van der Waals surface area (Å²) >= 11 is 5.02. The molecule has 1 aromatic carbocycles. The van der Waals surface area contributed by atoms with E-state index >= 15 is 0 Å². The molecule has 2 rings (SSSR count). The Hall–Kier alpha value is -1.68. The van der Waals surface area contributed by atoms with Gasteiger partial charge in [-0.05, 0) is 30.6 Å². The molecule has 0 unspecified atom stereocenters. The van der Waals surface area contributed by atoms with Gasteiger partial charge in [-0.1, -0.05) is 24.3 Å². The predicted molar refractivity (Wildman–Crippen MR) is 69.6 cm³/mol. The van der Waals surface area contributed by atoms with Crippen molar-refractivity contribution in [1.82, 2.24) is 4.98 Å². The van der Waals surface area contributed by atoms with Gasteiger partial charge >= 0.3 is 0 Å². The van der Waals surface area contributed by atoms with Gasteiger partial charge in [-0.3, -0.25) is 0 Å². The normalized spacial score (nSPS) is 10.1. The van der Waals surface area contributed by atoms with Crippen LogP contribution in [-0.2, 0) is 4.74 Å². The molecule has 0 fully saturated rings. The van der Waals surface area contributed by atoms with Crippen molar-refractivity contribution in [3.63, 3.8) is 0 Å². The minimum Gasteiger partial charge on any atom is -0.471 e. The smallest absolute Gasteiger partial charge is 0.262 e. The number of anilines is 1. The van der Waals surface area contributed by atoms with Crippen LogP contribution in [0, 0.1) is 0 Å². The fourth-order valence-electron chi connectivity index (χ4n) is 1.48. The number of hydrogen-bond donors (Lipinski definition) is 1. The van der Waals surface area contributed by atoms with Crippen LogP contribution in [-0.4, -0.2) is 16.8 Å². The number of fused-ring (bicyclic) bond motifs is 1. The Morgan fingerprint density at radius 1 is 1.38 bits per heavy atom. The lowest BCUT2D eigenvalue weighted by Gasteiger charge is -2.09. The monoisotopic (exact) mass is 232 g/mol. The first-order valence-electron chi connectivity index (χ1n) is 5.09. The molecule has 0 amide bonds. The lowest BCUT2D eigenvalue weighted by atomic mass is 10.2. The number of aromatic nitrogens is 1. The molecule has 1 heterocycles. The maximum absolute atomic E-state index is 5.18. The summed E-state index contributed by atoms with van der Waals surface area (Å²) in [5, 5.41) is 5.50. The number of nitrogens with one attached hydrogen (secondary N) is 1. The molecule has 0 atom stereocenters. The van der Waals surface area contributed by atoms with Gasteiger partial charge in [0, 0.05) is 11.6 Å². The van der Waals surface area contributed by atoms with Crippen molar-refractivity contribution < 1.29 is 4.74 Å². The van der Waals surface area contributed by atoms with Crippen LogP contribution in [0.1, 0.15) is 6.92 Å². The Balaban J connectivity index is 2.33. The van der Waals surface area contributed by atoms with Gasteiger partial charge in [0.25, 0.3) is 5.17 Å². The first-order chi connectivity index (χ1) is 7.81. The van der Waals surface area contributed by atoms with Crippen molar-refractivity contribution in [3.05, 3.63) is 36.5 Å². The van der Waals surface area contributed by atoms with E-state index in [1.165, 1.54) is 0 Å². The quantitative estimate of drug-likeness (QED) is 0.807. The first kappa shape index (κ1) is 10.8. The van der Waals surface area contributed by atoms with Gasteiger partial charge in [0.15, 0.2) is 0 Å². The van der Waals surface area contributed by atoms with Crippen LogP contribution < -0.4 is 5.32 Å². The van der Waals surface area contributed by atoms with Gasteiger partial charge in [0.05, 0.1) is 6.61 Å². The molecule has 16 heavy (non-hydrogen) atoms. The molecule has 4 heteroatoms. The van der Waals surface area contributed by atoms with Gasteiger partial charge in [0.2, 0.25) is 0 Å². The van der Waals surface area contributed by atoms with Crippen molar-refractivity contribution in [2.75, 3.05) is 11.9 Å². The fourth-order valence-corrected chi connectivity index (χ4v) is 1.70. The molecule has 2 aromatic rings. The lowest BCUT2D eigenvalue weighted by Crippen LogP contribution is -2.14. The highest BCUT2D eigenvalue weighted by molar-refractivity contribution is 7.80. The maximum atomic E-state index is 5.18. The van der Waals surface area contributed by atoms with Gasteiger partial charge in [-0.2, -0.15) is 0 Å². The number of hydrogen-bond acceptors (Lipinski definition) is 3. The number of nitrogens with zero attached hydrogens (tertiary/aromatic N) is 1. The van der Waals surface area contributed by atoms with Crippen LogP contribution in [0.2, 0.25) is 0 Å². The van der Waals surface area contributed by atoms with Crippen LogP contribution >= 0.6 is 12.2 Å². The highest BCUT2D eigenvalue weighted by Crippen LogP contribution is 2.20. The molecule has 0 saturated carbocycles. The van der Waals surface area contributed by atoms with E-state index in [1.54, 1.807) is 6.20 Å². The summed E-state index contributed by atoms with van der Waals surface area (Å²) < 4.78 is 5.18. The highest BCUT2D eigenvalue weighted by Gasteiger charge is 2.03. The third-order valence-corrected chi connectivity index (χ3v) is 2.39. The molecule has 0 spiro atoms. The topological polar surface area (TPSA) is 34.1 Å². The van der Waals surface area contributed by atoms with Crippen molar-refractivity contribution in [3.8, 4) is 0 Å². The molecule has 0 bridgehead atoms. The Morgan fingerprint density at radius 2 is 2.19 bits per heavy atom. The van der Waals surface area contributed by atoms with Crippen LogP contribution in [0.15, 0.2) is 36.5 Å². The van der Waals surface area contributed by atoms with Crippen LogP contribution in [0.3, 0.4) is 0 Å². The van der Waals surface area contributed by atoms with E-state index in [1.807, 2.05) is 37.3 Å². The Labute approximate surface area is 99.4 Å². The minimum absolute atomic E-state index is 0.353. The molecule has 1 N–H and O–H groups in total. The van der Waals surface area contributed by atoms with E-state index in [0.717, 1.165) is 16.6 Å². The number of ether oxygens (including phenoxy) is 1. The lowest BCUT2D eigenvalue weighted by molar-refractivity contribution is 0.335. The average molecular weight is 232 g/mol. The molecule has 0 radical (unpaired) electrons. The molecule has 0 saturated heterocycles. The van der Waals surface area contributed by atoms with Crippen LogP contribution in [0.25, 0.3) is 10.8 Å². The van der Waals surface area contributed by atoms with Gasteiger partial charge in [0.1, 0.15) is 5.82 Å². The molecular formula is C12H12N2OS. The van der Waals surface area contributed by atoms with Gasteiger partial charge in [-0.25, -0.2) is 4.98 Å². The molecule has 0 aliphatic rings. The standard InChI is InChI=1S/C12H12N2OS/c1-2-15-12(16)14-11-10-6-4-3-5-9(10)7-8-13-11/h3-8H,2H2,1H3,(H,13,14,16). The third kappa shape index (κ3) is 2.28. The number of benzene rings is 1. The van der Waals surface area contributed by atoms with E-state index in [-0.39, 0.29) is 0 Å². The van der Waals surface area contributed by atoms with Gasteiger partial charge in [-0.15, -0.1) is 0 Å². The first-order valence-corrected chi connectivity index (χ1v) is 5.49. The summed E-state index contributed by atoms with van der Waals surface area (Å²) in [6, 6.07) is 9.96. The van der Waals surface area contributed by atoms with E-state index in [0.29, 0.717) is 11.8 Å². The van der Waals surface area contributed by atoms with Crippen LogP contribution in [0.5, 0.6) is 0 Å². The second-order valence-corrected chi connectivity index (χ2v) is 3.60. The largest absolute Gasteiger partial charge is 0.471 e.